The molecule has 2 N–H and O–H groups in total. The molecule has 104 valence electrons. The maximum absolute atomic E-state index is 11.9. The monoisotopic (exact) mass is 287 g/mol. The van der Waals surface area contributed by atoms with Crippen molar-refractivity contribution >= 4 is 16.7 Å². The minimum atomic E-state index is -1.27. The van der Waals surface area contributed by atoms with Crippen molar-refractivity contribution in [1.29, 1.82) is 0 Å². The first kappa shape index (κ1) is 14.5. The molecule has 0 saturated heterocycles. The van der Waals surface area contributed by atoms with Crippen LogP contribution in [-0.2, 0) is 21.3 Å². The number of benzene rings is 2. The number of carbonyl (C=O) groups is 1. The average Bonchev–Trinajstić information content (AvgIpc) is 2.38. The van der Waals surface area contributed by atoms with Gasteiger partial charge in [0.05, 0.1) is 0 Å². The van der Waals surface area contributed by atoms with E-state index in [1.165, 1.54) is 5.56 Å². The Kier molecular flexibility index (Phi) is 4.69. The van der Waals surface area contributed by atoms with Crippen LogP contribution in [0.1, 0.15) is 11.1 Å². The van der Waals surface area contributed by atoms with Gasteiger partial charge in [-0.25, -0.2) is 0 Å². The molecular formula is C16H17NO2S. The van der Waals surface area contributed by atoms with Crippen molar-refractivity contribution in [3.05, 3.63) is 59.7 Å². The Labute approximate surface area is 121 Å². The Balaban J connectivity index is 2.31. The van der Waals surface area contributed by atoms with E-state index in [0.29, 0.717) is 5.75 Å². The molecule has 0 saturated carbocycles. The van der Waals surface area contributed by atoms with Crippen LogP contribution in [0.5, 0.6) is 0 Å². The maximum Gasteiger partial charge on any atom is 0.230 e. The summed E-state index contributed by atoms with van der Waals surface area (Å²) in [5.41, 5.74) is 9.37. The lowest BCUT2D eigenvalue weighted by Gasteiger charge is -2.10. The standard InChI is InChI=1S/C16H17NO2S/c1-12-5-4-7-13(9-12)15-8-3-2-6-14(15)10-20(19)11-16(17)18/h2-9H,10-11H2,1H3,(H2,17,18). The molecule has 0 heterocycles. The smallest absolute Gasteiger partial charge is 0.230 e. The number of rotatable bonds is 5. The summed E-state index contributed by atoms with van der Waals surface area (Å²) in [6, 6.07) is 16.0. The van der Waals surface area contributed by atoms with E-state index in [9.17, 15) is 9.00 Å². The highest BCUT2D eigenvalue weighted by molar-refractivity contribution is 7.84. The summed E-state index contributed by atoms with van der Waals surface area (Å²) < 4.78 is 11.9. The van der Waals surface area contributed by atoms with Gasteiger partial charge in [0.2, 0.25) is 5.91 Å². The van der Waals surface area contributed by atoms with Crippen molar-refractivity contribution in [2.24, 2.45) is 5.73 Å². The predicted molar refractivity (Wildman–Crippen MR) is 82.5 cm³/mol. The second kappa shape index (κ2) is 6.48. The van der Waals surface area contributed by atoms with Gasteiger partial charge in [-0.2, -0.15) is 0 Å². The topological polar surface area (TPSA) is 60.2 Å². The molecule has 1 amide bonds. The van der Waals surface area contributed by atoms with E-state index >= 15 is 0 Å². The minimum Gasteiger partial charge on any atom is -0.369 e. The molecule has 1 atom stereocenters. The van der Waals surface area contributed by atoms with Gasteiger partial charge in [-0.15, -0.1) is 0 Å². The molecule has 0 bridgehead atoms. The predicted octanol–water partition coefficient (Wildman–Crippen LogP) is 2.40. The fourth-order valence-corrected chi connectivity index (χ4v) is 3.14. The van der Waals surface area contributed by atoms with Gasteiger partial charge in [0.1, 0.15) is 5.75 Å². The Morgan fingerprint density at radius 3 is 2.60 bits per heavy atom. The van der Waals surface area contributed by atoms with Gasteiger partial charge < -0.3 is 5.73 Å². The maximum atomic E-state index is 11.9. The van der Waals surface area contributed by atoms with E-state index in [1.54, 1.807) is 0 Å². The summed E-state index contributed by atoms with van der Waals surface area (Å²) in [6.45, 7) is 2.04. The quantitative estimate of drug-likeness (QED) is 0.918. The van der Waals surface area contributed by atoms with Crippen molar-refractivity contribution in [3.8, 4) is 11.1 Å². The second-order valence-corrected chi connectivity index (χ2v) is 6.18. The van der Waals surface area contributed by atoms with Crippen LogP contribution in [0.3, 0.4) is 0 Å². The molecule has 3 nitrogen and oxygen atoms in total. The fourth-order valence-electron chi connectivity index (χ4n) is 2.12. The van der Waals surface area contributed by atoms with Crippen LogP contribution >= 0.6 is 0 Å². The Bertz CT molecular complexity index is 652. The third kappa shape index (κ3) is 3.78. The zero-order chi connectivity index (χ0) is 14.5. The number of nitrogens with two attached hydrogens (primary N) is 1. The van der Waals surface area contributed by atoms with Crippen LogP contribution in [0.25, 0.3) is 11.1 Å². The Hall–Kier alpha value is -1.94. The van der Waals surface area contributed by atoms with E-state index in [1.807, 2.05) is 49.4 Å². The zero-order valence-corrected chi connectivity index (χ0v) is 12.2. The first-order valence-electron chi connectivity index (χ1n) is 6.34. The molecule has 2 rings (SSSR count). The number of primary amides is 1. The van der Waals surface area contributed by atoms with Gasteiger partial charge in [-0.3, -0.25) is 9.00 Å². The second-order valence-electron chi connectivity index (χ2n) is 4.72. The molecule has 0 aliphatic rings. The van der Waals surface area contributed by atoms with Crippen LogP contribution in [0.4, 0.5) is 0 Å². The molecular weight excluding hydrogens is 270 g/mol. The first-order valence-corrected chi connectivity index (χ1v) is 7.83. The summed E-state index contributed by atoms with van der Waals surface area (Å²) in [7, 11) is -1.27. The fraction of sp³-hybridized carbons (Fsp3) is 0.188. The van der Waals surface area contributed by atoms with Crippen LogP contribution in [0.2, 0.25) is 0 Å². The lowest BCUT2D eigenvalue weighted by atomic mass is 9.99. The molecule has 0 fully saturated rings. The molecule has 0 spiro atoms. The molecule has 2 aromatic rings. The minimum absolute atomic E-state index is 0.0951. The SMILES string of the molecule is Cc1cccc(-c2ccccc2CS(=O)CC(N)=O)c1. The van der Waals surface area contributed by atoms with Crippen LogP contribution in [0, 0.1) is 6.92 Å². The average molecular weight is 287 g/mol. The van der Waals surface area contributed by atoms with Gasteiger partial charge in [0.25, 0.3) is 0 Å². The van der Waals surface area contributed by atoms with E-state index in [-0.39, 0.29) is 5.75 Å². The molecule has 0 aliphatic carbocycles. The summed E-state index contributed by atoms with van der Waals surface area (Å²) >= 11 is 0. The van der Waals surface area contributed by atoms with Gasteiger partial charge >= 0.3 is 0 Å². The van der Waals surface area contributed by atoms with Gasteiger partial charge in [0.15, 0.2) is 0 Å². The molecule has 1 unspecified atom stereocenters. The highest BCUT2D eigenvalue weighted by Gasteiger charge is 2.10. The Morgan fingerprint density at radius 1 is 1.15 bits per heavy atom. The van der Waals surface area contributed by atoms with Crippen LogP contribution in [0.15, 0.2) is 48.5 Å². The van der Waals surface area contributed by atoms with E-state index in [2.05, 4.69) is 6.07 Å². The van der Waals surface area contributed by atoms with Gasteiger partial charge in [-0.05, 0) is 23.6 Å². The summed E-state index contributed by atoms with van der Waals surface area (Å²) in [6.07, 6.45) is 0. The third-order valence-corrected chi connectivity index (χ3v) is 4.21. The first-order chi connectivity index (χ1) is 9.56. The molecule has 0 aromatic heterocycles. The van der Waals surface area contributed by atoms with Crippen molar-refractivity contribution in [3.63, 3.8) is 0 Å². The van der Waals surface area contributed by atoms with Crippen molar-refractivity contribution < 1.29 is 9.00 Å². The third-order valence-electron chi connectivity index (χ3n) is 2.97. The van der Waals surface area contributed by atoms with Crippen molar-refractivity contribution in [2.45, 2.75) is 12.7 Å². The van der Waals surface area contributed by atoms with Crippen LogP contribution in [-0.4, -0.2) is 15.9 Å². The normalized spacial score (nSPS) is 12.1. The van der Waals surface area contributed by atoms with Gasteiger partial charge in [-0.1, -0.05) is 54.1 Å². The summed E-state index contributed by atoms with van der Waals surface area (Å²) in [4.78, 5) is 10.8. The van der Waals surface area contributed by atoms with E-state index < -0.39 is 16.7 Å². The number of aryl methyl sites for hydroxylation is 1. The lowest BCUT2D eigenvalue weighted by molar-refractivity contribution is -0.115. The highest BCUT2D eigenvalue weighted by atomic mass is 32.2. The zero-order valence-electron chi connectivity index (χ0n) is 11.3. The number of hydrogen-bond acceptors (Lipinski definition) is 2. The van der Waals surface area contributed by atoms with Gasteiger partial charge in [0, 0.05) is 16.6 Å². The lowest BCUT2D eigenvalue weighted by Crippen LogP contribution is -2.20. The summed E-state index contributed by atoms with van der Waals surface area (Å²) in [5, 5.41) is 0. The largest absolute Gasteiger partial charge is 0.369 e. The number of amides is 1. The molecule has 4 heteroatoms. The molecule has 20 heavy (non-hydrogen) atoms. The molecule has 0 radical (unpaired) electrons. The highest BCUT2D eigenvalue weighted by Crippen LogP contribution is 2.25. The summed E-state index contributed by atoms with van der Waals surface area (Å²) in [5.74, 6) is -0.286. The Morgan fingerprint density at radius 2 is 1.90 bits per heavy atom. The van der Waals surface area contributed by atoms with Crippen molar-refractivity contribution in [2.75, 3.05) is 5.75 Å². The van der Waals surface area contributed by atoms with E-state index in [4.69, 9.17) is 5.73 Å². The number of hydrogen-bond donors (Lipinski definition) is 1. The molecule has 0 aliphatic heterocycles. The van der Waals surface area contributed by atoms with Crippen molar-refractivity contribution in [1.82, 2.24) is 0 Å². The number of carbonyl (C=O) groups excluding carboxylic acids is 1. The van der Waals surface area contributed by atoms with E-state index in [0.717, 1.165) is 16.7 Å². The molecule has 2 aromatic carbocycles. The van der Waals surface area contributed by atoms with Crippen LogP contribution < -0.4 is 5.73 Å².